The maximum atomic E-state index is 10.5. The minimum Gasteiger partial charge on any atom is -0.390 e. The molecule has 8 nitrogen and oxygen atoms in total. The molecule has 6 atom stereocenters. The van der Waals surface area contributed by atoms with Crippen LogP contribution in [-0.2, 0) is 25.4 Å². The summed E-state index contributed by atoms with van der Waals surface area (Å²) in [6, 6.07) is 8.94. The van der Waals surface area contributed by atoms with Gasteiger partial charge in [-0.25, -0.2) is 0 Å². The number of methoxy groups -OCH3 is 1. The Morgan fingerprint density at radius 3 is 2.83 bits per heavy atom. The molecule has 23 heavy (non-hydrogen) atoms. The van der Waals surface area contributed by atoms with E-state index in [4.69, 9.17) is 24.5 Å². The van der Waals surface area contributed by atoms with Gasteiger partial charge in [0.25, 0.3) is 0 Å². The zero-order valence-electron chi connectivity index (χ0n) is 12.7. The van der Waals surface area contributed by atoms with Gasteiger partial charge in [-0.3, -0.25) is 0 Å². The molecule has 2 aliphatic rings. The van der Waals surface area contributed by atoms with Crippen LogP contribution in [0.1, 0.15) is 5.56 Å². The lowest BCUT2D eigenvalue weighted by Gasteiger charge is -2.46. The van der Waals surface area contributed by atoms with Crippen LogP contribution in [0.25, 0.3) is 10.4 Å². The van der Waals surface area contributed by atoms with E-state index in [1.807, 2.05) is 30.3 Å². The molecule has 2 heterocycles. The molecule has 8 heteroatoms. The summed E-state index contributed by atoms with van der Waals surface area (Å²) < 4.78 is 22.3. The lowest BCUT2D eigenvalue weighted by molar-refractivity contribution is -0.335. The molecule has 0 spiro atoms. The number of benzene rings is 1. The quantitative estimate of drug-likeness (QED) is 0.512. The summed E-state index contributed by atoms with van der Waals surface area (Å²) >= 11 is 0. The molecular weight excluding hydrogens is 302 g/mol. The van der Waals surface area contributed by atoms with E-state index in [0.717, 1.165) is 5.56 Å². The Balaban J connectivity index is 1.70. The molecule has 124 valence electrons. The lowest BCUT2D eigenvalue weighted by atomic mass is 9.96. The fraction of sp³-hybridized carbons (Fsp3) is 0.600. The second-order valence-corrected chi connectivity index (χ2v) is 5.52. The number of hydrogen-bond donors (Lipinski definition) is 1. The van der Waals surface area contributed by atoms with Gasteiger partial charge in [0.1, 0.15) is 18.2 Å². The summed E-state index contributed by atoms with van der Waals surface area (Å²) in [6.45, 7) is 0.280. The van der Waals surface area contributed by atoms with E-state index < -0.39 is 36.9 Å². The highest BCUT2D eigenvalue weighted by Crippen LogP contribution is 2.31. The number of rotatable bonds is 4. The van der Waals surface area contributed by atoms with Crippen molar-refractivity contribution in [2.45, 2.75) is 43.4 Å². The van der Waals surface area contributed by atoms with Crippen molar-refractivity contribution < 1.29 is 24.1 Å². The Morgan fingerprint density at radius 1 is 1.35 bits per heavy atom. The Hall–Kier alpha value is -1.67. The molecule has 2 aliphatic heterocycles. The molecule has 0 amide bonds. The van der Waals surface area contributed by atoms with Crippen LogP contribution in [-0.4, -0.2) is 55.8 Å². The van der Waals surface area contributed by atoms with Gasteiger partial charge >= 0.3 is 0 Å². The van der Waals surface area contributed by atoms with Crippen LogP contribution in [0.5, 0.6) is 0 Å². The van der Waals surface area contributed by atoms with Gasteiger partial charge in [-0.15, -0.1) is 0 Å². The first kappa shape index (κ1) is 16.2. The monoisotopic (exact) mass is 321 g/mol. The SMILES string of the molecule is CO[C@@H]1O[C@H]2CO[C@H](Cc3ccccc3)O[C@H]2[C@@H](O)[C@H]1N=[N+]=[N-]. The fourth-order valence-electron chi connectivity index (χ4n) is 2.92. The number of nitrogens with zero attached hydrogens (tertiary/aromatic N) is 3. The van der Waals surface area contributed by atoms with E-state index in [1.54, 1.807) is 0 Å². The molecule has 2 fully saturated rings. The van der Waals surface area contributed by atoms with Crippen LogP contribution in [0.3, 0.4) is 0 Å². The van der Waals surface area contributed by atoms with Crippen LogP contribution < -0.4 is 0 Å². The van der Waals surface area contributed by atoms with Crippen molar-refractivity contribution in [1.29, 1.82) is 0 Å². The highest BCUT2D eigenvalue weighted by Gasteiger charge is 2.49. The maximum Gasteiger partial charge on any atom is 0.168 e. The zero-order valence-corrected chi connectivity index (χ0v) is 12.7. The number of aliphatic hydroxyl groups is 1. The van der Waals surface area contributed by atoms with E-state index in [-0.39, 0.29) is 6.61 Å². The normalized spacial score (nSPS) is 36.8. The molecule has 1 N–H and O–H groups in total. The van der Waals surface area contributed by atoms with Crippen molar-refractivity contribution in [1.82, 2.24) is 0 Å². The number of hydrogen-bond acceptors (Lipinski definition) is 6. The fourth-order valence-corrected chi connectivity index (χ4v) is 2.92. The van der Waals surface area contributed by atoms with Crippen LogP contribution in [0.2, 0.25) is 0 Å². The summed E-state index contributed by atoms with van der Waals surface area (Å²) in [6.07, 6.45) is -2.84. The van der Waals surface area contributed by atoms with E-state index in [0.29, 0.717) is 6.42 Å². The Morgan fingerprint density at radius 2 is 2.13 bits per heavy atom. The molecule has 0 unspecified atom stereocenters. The molecule has 3 rings (SSSR count). The number of aliphatic hydroxyl groups excluding tert-OH is 1. The van der Waals surface area contributed by atoms with Crippen molar-refractivity contribution in [3.8, 4) is 0 Å². The number of azide groups is 1. The summed E-state index contributed by atoms with van der Waals surface area (Å²) in [5, 5.41) is 14.1. The number of ether oxygens (including phenoxy) is 4. The maximum absolute atomic E-state index is 10.5. The van der Waals surface area contributed by atoms with Crippen LogP contribution >= 0.6 is 0 Å². The van der Waals surface area contributed by atoms with Crippen molar-refractivity contribution >= 4 is 0 Å². The van der Waals surface area contributed by atoms with Gasteiger partial charge in [0.15, 0.2) is 12.6 Å². The second-order valence-electron chi connectivity index (χ2n) is 5.52. The van der Waals surface area contributed by atoms with Crippen molar-refractivity contribution in [2.24, 2.45) is 5.11 Å². The van der Waals surface area contributed by atoms with Crippen LogP contribution in [0.15, 0.2) is 35.4 Å². The van der Waals surface area contributed by atoms with Gasteiger partial charge in [-0.1, -0.05) is 35.4 Å². The van der Waals surface area contributed by atoms with Crippen molar-refractivity contribution in [2.75, 3.05) is 13.7 Å². The van der Waals surface area contributed by atoms with Crippen molar-refractivity contribution in [3.63, 3.8) is 0 Å². The van der Waals surface area contributed by atoms with Gasteiger partial charge in [-0.2, -0.15) is 0 Å². The average molecular weight is 321 g/mol. The van der Waals surface area contributed by atoms with E-state index in [1.165, 1.54) is 7.11 Å². The molecule has 0 bridgehead atoms. The van der Waals surface area contributed by atoms with Crippen LogP contribution in [0, 0.1) is 0 Å². The molecule has 0 radical (unpaired) electrons. The highest BCUT2D eigenvalue weighted by atomic mass is 16.7. The summed E-state index contributed by atoms with van der Waals surface area (Å²) in [5.41, 5.74) is 9.74. The molecule has 0 aliphatic carbocycles. The van der Waals surface area contributed by atoms with Gasteiger partial charge in [0, 0.05) is 18.4 Å². The summed E-state index contributed by atoms with van der Waals surface area (Å²) in [4.78, 5) is 2.75. The molecule has 1 aromatic carbocycles. The molecule has 1 aromatic rings. The van der Waals surface area contributed by atoms with Gasteiger partial charge in [0.05, 0.1) is 12.7 Å². The summed E-state index contributed by atoms with van der Waals surface area (Å²) in [7, 11) is 1.43. The first-order valence-corrected chi connectivity index (χ1v) is 7.44. The largest absolute Gasteiger partial charge is 0.390 e. The molecular formula is C15H19N3O5. The highest BCUT2D eigenvalue weighted by molar-refractivity contribution is 5.15. The molecule has 0 saturated carbocycles. The smallest absolute Gasteiger partial charge is 0.168 e. The molecule has 2 saturated heterocycles. The topological polar surface area (TPSA) is 106 Å². The lowest BCUT2D eigenvalue weighted by Crippen LogP contribution is -2.62. The van der Waals surface area contributed by atoms with Crippen molar-refractivity contribution in [3.05, 3.63) is 46.3 Å². The number of fused-ring (bicyclic) bond motifs is 1. The third-order valence-electron chi connectivity index (χ3n) is 4.06. The third-order valence-corrected chi connectivity index (χ3v) is 4.06. The third kappa shape index (κ3) is 3.48. The Labute approximate surface area is 133 Å². The standard InChI is InChI=1S/C15H19N3O5/c1-20-15-12(17-18-16)13(19)14-10(22-15)8-21-11(23-14)7-9-5-3-2-4-6-9/h2-6,10-15,19H,7-8H2,1H3/t10-,11-,12+,13-,14+,15+/m0/s1. The first-order valence-electron chi connectivity index (χ1n) is 7.44. The minimum atomic E-state index is -1.02. The predicted molar refractivity (Wildman–Crippen MR) is 79.4 cm³/mol. The van der Waals surface area contributed by atoms with Gasteiger partial charge in [-0.05, 0) is 11.1 Å². The predicted octanol–water partition coefficient (Wildman–Crippen LogP) is 1.38. The first-order chi connectivity index (χ1) is 11.2. The van der Waals surface area contributed by atoms with E-state index >= 15 is 0 Å². The van der Waals surface area contributed by atoms with E-state index in [2.05, 4.69) is 10.0 Å². The van der Waals surface area contributed by atoms with Gasteiger partial charge in [0.2, 0.25) is 0 Å². The molecule has 0 aromatic heterocycles. The summed E-state index contributed by atoms with van der Waals surface area (Å²) in [5.74, 6) is 0. The zero-order chi connectivity index (χ0) is 16.2. The Kier molecular flexibility index (Phi) is 5.12. The average Bonchev–Trinajstić information content (AvgIpc) is 2.58. The Bertz CT molecular complexity index is 565. The van der Waals surface area contributed by atoms with E-state index in [9.17, 15) is 5.11 Å². The van der Waals surface area contributed by atoms with Gasteiger partial charge < -0.3 is 24.1 Å². The minimum absolute atomic E-state index is 0.280. The second kappa shape index (κ2) is 7.27. The van der Waals surface area contributed by atoms with Crippen LogP contribution in [0.4, 0.5) is 0 Å².